The van der Waals surface area contributed by atoms with E-state index in [4.69, 9.17) is 4.74 Å². The van der Waals surface area contributed by atoms with E-state index >= 15 is 0 Å². The summed E-state index contributed by atoms with van der Waals surface area (Å²) in [6, 6.07) is 9.16. The zero-order valence-electron chi connectivity index (χ0n) is 17.9. The molecule has 4 atom stereocenters. The normalized spacial score (nSPS) is 31.5. The number of carbonyl (C=O) groups is 3. The van der Waals surface area contributed by atoms with Crippen LogP contribution < -0.4 is 0 Å². The molecule has 3 heterocycles. The van der Waals surface area contributed by atoms with Crippen LogP contribution in [0.5, 0.6) is 0 Å². The summed E-state index contributed by atoms with van der Waals surface area (Å²) in [5.74, 6) is -1.70. The summed E-state index contributed by atoms with van der Waals surface area (Å²) in [7, 11) is 3.01. The second-order valence-electron chi connectivity index (χ2n) is 8.02. The molecule has 0 radical (unpaired) electrons. The number of esters is 1. The first-order valence-electron chi connectivity index (χ1n) is 10.4. The molecule has 2 amide bonds. The number of hydrogen-bond donors (Lipinski definition) is 0. The Bertz CT molecular complexity index is 902. The van der Waals surface area contributed by atoms with Crippen molar-refractivity contribution in [2.75, 3.05) is 27.2 Å². The average molecular weight is 412 g/mol. The minimum absolute atomic E-state index is 0.212. The van der Waals surface area contributed by atoms with Crippen molar-refractivity contribution in [2.45, 2.75) is 38.4 Å². The van der Waals surface area contributed by atoms with Gasteiger partial charge in [-0.3, -0.25) is 19.5 Å². The molecule has 1 aromatic carbocycles. The Balaban J connectivity index is 1.81. The fourth-order valence-electron chi connectivity index (χ4n) is 5.61. The van der Waals surface area contributed by atoms with Crippen LogP contribution in [0.2, 0.25) is 0 Å². The third-order valence-electron chi connectivity index (χ3n) is 6.88. The van der Waals surface area contributed by atoms with E-state index in [1.807, 2.05) is 49.1 Å². The van der Waals surface area contributed by atoms with Crippen molar-refractivity contribution in [1.82, 2.24) is 14.7 Å². The van der Waals surface area contributed by atoms with Crippen molar-refractivity contribution in [2.24, 2.45) is 16.8 Å². The lowest BCUT2D eigenvalue weighted by molar-refractivity contribution is -0.158. The topological polar surface area (TPSA) is 82.5 Å². The number of guanidine groups is 1. The van der Waals surface area contributed by atoms with Gasteiger partial charge in [0, 0.05) is 20.1 Å². The lowest BCUT2D eigenvalue weighted by Crippen LogP contribution is -2.60. The maximum atomic E-state index is 13.6. The molecular weight excluding hydrogens is 384 g/mol. The first-order chi connectivity index (χ1) is 14.5. The third kappa shape index (κ3) is 2.52. The number of rotatable bonds is 5. The van der Waals surface area contributed by atoms with Crippen molar-refractivity contribution < 1.29 is 19.1 Å². The maximum absolute atomic E-state index is 13.6. The Labute approximate surface area is 176 Å². The number of methoxy groups -OCH3 is 1. The summed E-state index contributed by atoms with van der Waals surface area (Å²) in [6.45, 7) is 5.36. The molecule has 0 N–H and O–H groups in total. The number of fused-ring (bicyclic) bond motifs is 3. The molecule has 3 aliphatic rings. The van der Waals surface area contributed by atoms with E-state index in [2.05, 4.69) is 9.89 Å². The number of amides is 2. The van der Waals surface area contributed by atoms with Crippen molar-refractivity contribution in [3.8, 4) is 0 Å². The van der Waals surface area contributed by atoms with Gasteiger partial charge in [-0.05, 0) is 18.9 Å². The number of likely N-dealkylation sites (tertiary alicyclic amines) is 1. The third-order valence-corrected chi connectivity index (χ3v) is 6.88. The Kier molecular flexibility index (Phi) is 5.03. The Morgan fingerprint density at radius 2 is 1.90 bits per heavy atom. The van der Waals surface area contributed by atoms with Crippen LogP contribution in [0.3, 0.4) is 0 Å². The van der Waals surface area contributed by atoms with E-state index in [1.165, 1.54) is 12.0 Å². The molecule has 0 aliphatic carbocycles. The summed E-state index contributed by atoms with van der Waals surface area (Å²) in [5.41, 5.74) is -0.352. The van der Waals surface area contributed by atoms with Crippen LogP contribution in [-0.2, 0) is 25.7 Å². The Morgan fingerprint density at radius 1 is 1.20 bits per heavy atom. The van der Waals surface area contributed by atoms with Crippen molar-refractivity contribution in [3.05, 3.63) is 35.9 Å². The number of nitrogens with zero attached hydrogens (tertiary/aromatic N) is 4. The molecule has 4 rings (SSSR count). The van der Waals surface area contributed by atoms with Crippen LogP contribution in [0.4, 0.5) is 0 Å². The smallest absolute Gasteiger partial charge is 0.332 e. The minimum atomic E-state index is -1.24. The number of carbonyl (C=O) groups excluding carboxylic acids is 3. The first-order valence-corrected chi connectivity index (χ1v) is 10.4. The van der Waals surface area contributed by atoms with Gasteiger partial charge in [-0.15, -0.1) is 0 Å². The van der Waals surface area contributed by atoms with Gasteiger partial charge >= 0.3 is 5.97 Å². The Morgan fingerprint density at radius 3 is 2.47 bits per heavy atom. The van der Waals surface area contributed by atoms with Crippen LogP contribution >= 0.6 is 0 Å². The number of imide groups is 1. The molecule has 8 heteroatoms. The monoisotopic (exact) mass is 412 g/mol. The molecule has 3 fully saturated rings. The van der Waals surface area contributed by atoms with Gasteiger partial charge in [-0.2, -0.15) is 0 Å². The molecule has 8 nitrogen and oxygen atoms in total. The SMILES string of the molecule is CCN1C[C@@H]2[C@@H]3C(=O)N(Cc4ccccc4)C(=O)[C@@H]3[C@](CC)(C(=O)OC)N2C1=NC. The predicted octanol–water partition coefficient (Wildman–Crippen LogP) is 1.12. The number of ether oxygens (including phenoxy) is 1. The predicted molar refractivity (Wildman–Crippen MR) is 110 cm³/mol. The maximum Gasteiger partial charge on any atom is 0.332 e. The average Bonchev–Trinajstić information content (AvgIpc) is 3.36. The summed E-state index contributed by atoms with van der Waals surface area (Å²) < 4.78 is 5.21. The Hall–Kier alpha value is -2.90. The first kappa shape index (κ1) is 20.4. The van der Waals surface area contributed by atoms with Gasteiger partial charge < -0.3 is 14.5 Å². The highest BCUT2D eigenvalue weighted by molar-refractivity contribution is 6.11. The highest BCUT2D eigenvalue weighted by Crippen LogP contribution is 2.53. The van der Waals surface area contributed by atoms with Gasteiger partial charge in [0.2, 0.25) is 11.8 Å². The molecule has 1 aromatic rings. The number of aliphatic imine (C=N–C) groups is 1. The van der Waals surface area contributed by atoms with Crippen molar-refractivity contribution in [3.63, 3.8) is 0 Å². The molecule has 0 unspecified atom stereocenters. The van der Waals surface area contributed by atoms with Crippen LogP contribution in [0.25, 0.3) is 0 Å². The van der Waals surface area contributed by atoms with E-state index < -0.39 is 23.3 Å². The van der Waals surface area contributed by atoms with Gasteiger partial charge in [-0.1, -0.05) is 37.3 Å². The molecule has 0 saturated carbocycles. The van der Waals surface area contributed by atoms with Crippen LogP contribution in [0, 0.1) is 11.8 Å². The molecule has 0 aromatic heterocycles. The van der Waals surface area contributed by atoms with Crippen LogP contribution in [0.15, 0.2) is 35.3 Å². The molecular formula is C22H28N4O4. The number of likely N-dealkylation sites (N-methyl/N-ethyl adjacent to an activating group) is 1. The standard InChI is InChI=1S/C22H28N4O4/c1-5-22(20(29)30-4)17-16(15-13-24(6-2)21(23-3)26(15)22)18(27)25(19(17)28)12-14-10-8-7-9-11-14/h7-11,15-17H,5-6,12-13H2,1-4H3/t15-,16+,17-,22-/m1/s1. The summed E-state index contributed by atoms with van der Waals surface area (Å²) in [5, 5.41) is 0. The van der Waals surface area contributed by atoms with Gasteiger partial charge in [0.1, 0.15) is 0 Å². The number of benzene rings is 1. The molecule has 0 spiro atoms. The number of hydrogen-bond acceptors (Lipinski definition) is 5. The van der Waals surface area contributed by atoms with Gasteiger partial charge in [0.15, 0.2) is 11.5 Å². The summed E-state index contributed by atoms with van der Waals surface area (Å²) in [4.78, 5) is 50.0. The van der Waals surface area contributed by atoms with Crippen molar-refractivity contribution >= 4 is 23.7 Å². The van der Waals surface area contributed by atoms with Crippen molar-refractivity contribution in [1.29, 1.82) is 0 Å². The molecule has 30 heavy (non-hydrogen) atoms. The van der Waals surface area contributed by atoms with Gasteiger partial charge in [-0.25, -0.2) is 4.79 Å². The van der Waals surface area contributed by atoms with Gasteiger partial charge in [0.05, 0.1) is 31.5 Å². The zero-order chi connectivity index (χ0) is 21.6. The fraction of sp³-hybridized carbons (Fsp3) is 0.545. The zero-order valence-corrected chi connectivity index (χ0v) is 17.9. The van der Waals surface area contributed by atoms with E-state index in [1.54, 1.807) is 7.05 Å². The van der Waals surface area contributed by atoms with Crippen LogP contribution in [-0.4, -0.2) is 77.3 Å². The van der Waals surface area contributed by atoms with E-state index in [0.29, 0.717) is 25.5 Å². The molecule has 0 bridgehead atoms. The summed E-state index contributed by atoms with van der Waals surface area (Å²) in [6.07, 6.45) is 0.353. The fourth-order valence-corrected chi connectivity index (χ4v) is 5.61. The quantitative estimate of drug-likeness (QED) is 0.532. The highest BCUT2D eigenvalue weighted by Gasteiger charge is 2.74. The lowest BCUT2D eigenvalue weighted by Gasteiger charge is -2.39. The van der Waals surface area contributed by atoms with Gasteiger partial charge in [0.25, 0.3) is 0 Å². The highest BCUT2D eigenvalue weighted by atomic mass is 16.5. The van der Waals surface area contributed by atoms with E-state index in [0.717, 1.165) is 5.56 Å². The van der Waals surface area contributed by atoms with Crippen LogP contribution in [0.1, 0.15) is 25.8 Å². The largest absolute Gasteiger partial charge is 0.467 e. The molecule has 3 aliphatic heterocycles. The second-order valence-corrected chi connectivity index (χ2v) is 8.02. The molecule has 3 saturated heterocycles. The minimum Gasteiger partial charge on any atom is -0.467 e. The van der Waals surface area contributed by atoms with E-state index in [9.17, 15) is 14.4 Å². The second kappa shape index (κ2) is 7.41. The van der Waals surface area contributed by atoms with E-state index in [-0.39, 0.29) is 24.4 Å². The molecule has 160 valence electrons. The summed E-state index contributed by atoms with van der Waals surface area (Å²) >= 11 is 0. The lowest BCUT2D eigenvalue weighted by atomic mass is 9.78.